The number of carbonyl (C=O) groups excluding carboxylic acids is 1. The zero-order chi connectivity index (χ0) is 19.4. The average Bonchev–Trinajstić information content (AvgIpc) is 3.20. The van der Waals surface area contributed by atoms with Gasteiger partial charge in [-0.3, -0.25) is 9.69 Å². The van der Waals surface area contributed by atoms with Crippen molar-refractivity contribution in [3.63, 3.8) is 0 Å². The zero-order valence-electron chi connectivity index (χ0n) is 16.7. The molecule has 150 valence electrons. The quantitative estimate of drug-likeness (QED) is 0.728. The minimum atomic E-state index is 0.0108. The Hall–Kier alpha value is -1.46. The molecule has 0 atom stereocenters. The lowest BCUT2D eigenvalue weighted by atomic mass is 10.1. The third-order valence-electron chi connectivity index (χ3n) is 5.48. The molecule has 1 aliphatic heterocycles. The van der Waals surface area contributed by atoms with Gasteiger partial charge in [0.25, 0.3) is 5.91 Å². The number of benzene rings is 1. The van der Waals surface area contributed by atoms with Crippen LogP contribution >= 0.6 is 11.6 Å². The lowest BCUT2D eigenvalue weighted by Gasteiger charge is -2.38. The first-order valence-electron chi connectivity index (χ1n) is 10.0. The van der Waals surface area contributed by atoms with E-state index in [1.54, 1.807) is 19.2 Å². The number of piperazine rings is 1. The van der Waals surface area contributed by atoms with E-state index >= 15 is 0 Å². The Labute approximate surface area is 167 Å². The van der Waals surface area contributed by atoms with Crippen LogP contribution in [0.25, 0.3) is 0 Å². The molecule has 1 heterocycles. The number of carbonyl (C=O) groups is 1. The number of hydrogen-bond acceptors (Lipinski definition) is 4. The van der Waals surface area contributed by atoms with Gasteiger partial charge in [-0.2, -0.15) is 0 Å². The highest BCUT2D eigenvalue weighted by molar-refractivity contribution is 6.32. The molecule has 0 spiro atoms. The number of methoxy groups -OCH3 is 1. The second-order valence-corrected chi connectivity index (χ2v) is 8.37. The van der Waals surface area contributed by atoms with E-state index in [1.807, 2.05) is 4.90 Å². The lowest BCUT2D eigenvalue weighted by Crippen LogP contribution is -2.51. The molecule has 3 rings (SSSR count). The van der Waals surface area contributed by atoms with Crippen molar-refractivity contribution in [1.29, 1.82) is 0 Å². The van der Waals surface area contributed by atoms with Crippen molar-refractivity contribution < 1.29 is 14.3 Å². The molecule has 0 unspecified atom stereocenters. The second-order valence-electron chi connectivity index (χ2n) is 7.96. The molecule has 6 heteroatoms. The number of rotatable bonds is 6. The molecule has 0 radical (unpaired) electrons. The molecule has 1 aliphatic carbocycles. The van der Waals surface area contributed by atoms with E-state index in [2.05, 4.69) is 18.7 Å². The van der Waals surface area contributed by atoms with E-state index in [0.29, 0.717) is 40.7 Å². The summed E-state index contributed by atoms with van der Waals surface area (Å²) in [5, 5.41) is 0.419. The maximum absolute atomic E-state index is 13.0. The van der Waals surface area contributed by atoms with Gasteiger partial charge in [0.05, 0.1) is 18.7 Å². The number of amides is 1. The number of ether oxygens (including phenoxy) is 2. The van der Waals surface area contributed by atoms with Gasteiger partial charge in [-0.1, -0.05) is 38.3 Å². The molecule has 2 fully saturated rings. The first-order chi connectivity index (χ1) is 13.0. The van der Waals surface area contributed by atoms with Gasteiger partial charge in [-0.25, -0.2) is 0 Å². The minimum absolute atomic E-state index is 0.0108. The highest BCUT2D eigenvalue weighted by Crippen LogP contribution is 2.37. The van der Waals surface area contributed by atoms with Crippen molar-refractivity contribution in [1.82, 2.24) is 9.80 Å². The van der Waals surface area contributed by atoms with Crippen LogP contribution < -0.4 is 9.47 Å². The molecule has 5 nitrogen and oxygen atoms in total. The molecule has 0 aromatic heterocycles. The normalized spacial score (nSPS) is 18.9. The van der Waals surface area contributed by atoms with Crippen LogP contribution in [0.4, 0.5) is 0 Å². The van der Waals surface area contributed by atoms with Gasteiger partial charge in [0.15, 0.2) is 11.5 Å². The Morgan fingerprint density at radius 3 is 2.44 bits per heavy atom. The molecule has 1 aromatic carbocycles. The maximum Gasteiger partial charge on any atom is 0.254 e. The van der Waals surface area contributed by atoms with Crippen molar-refractivity contribution in [3.05, 3.63) is 22.7 Å². The molecular weight excluding hydrogens is 364 g/mol. The summed E-state index contributed by atoms with van der Waals surface area (Å²) < 4.78 is 11.2. The first kappa shape index (κ1) is 20.3. The summed E-state index contributed by atoms with van der Waals surface area (Å²) in [5.74, 6) is 1.41. The first-order valence-corrected chi connectivity index (χ1v) is 10.4. The smallest absolute Gasteiger partial charge is 0.254 e. The fraction of sp³-hybridized carbons (Fsp3) is 0.667. The van der Waals surface area contributed by atoms with Gasteiger partial charge in [0.2, 0.25) is 0 Å². The van der Waals surface area contributed by atoms with E-state index < -0.39 is 0 Å². The molecular formula is C21H31ClN2O3. The Morgan fingerprint density at radius 1 is 1.19 bits per heavy atom. The molecule has 0 bridgehead atoms. The Balaban J connectivity index is 1.66. The van der Waals surface area contributed by atoms with Crippen LogP contribution in [0.5, 0.6) is 11.5 Å². The predicted molar refractivity (Wildman–Crippen MR) is 108 cm³/mol. The van der Waals surface area contributed by atoms with Crippen molar-refractivity contribution in [2.45, 2.75) is 45.6 Å². The summed E-state index contributed by atoms with van der Waals surface area (Å²) in [7, 11) is 1.57. The number of nitrogens with zero attached hydrogens (tertiary/aromatic N) is 2. The number of hydrogen-bond donors (Lipinski definition) is 0. The van der Waals surface area contributed by atoms with Gasteiger partial charge >= 0.3 is 0 Å². The second kappa shape index (κ2) is 9.16. The molecule has 27 heavy (non-hydrogen) atoms. The Kier molecular flexibility index (Phi) is 6.88. The molecule has 1 amide bonds. The van der Waals surface area contributed by atoms with Gasteiger partial charge in [-0.05, 0) is 30.9 Å². The largest absolute Gasteiger partial charge is 0.493 e. The van der Waals surface area contributed by atoms with Crippen LogP contribution in [-0.4, -0.2) is 61.6 Å². The van der Waals surface area contributed by atoms with E-state index in [1.165, 1.54) is 25.7 Å². The SMILES string of the molecule is COc1cc(C(=O)N2CCN(C3CCCC3)CC2)cc(Cl)c1OCC(C)C. The predicted octanol–water partition coefficient (Wildman–Crippen LogP) is 4.08. The summed E-state index contributed by atoms with van der Waals surface area (Å²) in [6.45, 7) is 8.13. The van der Waals surface area contributed by atoms with Crippen LogP contribution in [0.15, 0.2) is 12.1 Å². The summed E-state index contributed by atoms with van der Waals surface area (Å²) in [4.78, 5) is 17.4. The maximum atomic E-state index is 13.0. The van der Waals surface area contributed by atoms with Crippen molar-refractivity contribution in [3.8, 4) is 11.5 Å². The van der Waals surface area contributed by atoms with Crippen LogP contribution in [0.3, 0.4) is 0 Å². The third kappa shape index (κ3) is 4.88. The van der Waals surface area contributed by atoms with Gasteiger partial charge < -0.3 is 14.4 Å². The lowest BCUT2D eigenvalue weighted by molar-refractivity contribution is 0.0573. The van der Waals surface area contributed by atoms with Crippen LogP contribution in [0, 0.1) is 5.92 Å². The van der Waals surface area contributed by atoms with Gasteiger partial charge in [0.1, 0.15) is 0 Å². The monoisotopic (exact) mass is 394 g/mol. The van der Waals surface area contributed by atoms with Crippen LogP contribution in [0.1, 0.15) is 49.9 Å². The van der Waals surface area contributed by atoms with Crippen LogP contribution in [-0.2, 0) is 0 Å². The van der Waals surface area contributed by atoms with Gasteiger partial charge in [0, 0.05) is 37.8 Å². The average molecular weight is 395 g/mol. The van der Waals surface area contributed by atoms with Gasteiger partial charge in [-0.15, -0.1) is 0 Å². The topological polar surface area (TPSA) is 42.0 Å². The summed E-state index contributed by atoms with van der Waals surface area (Å²) >= 11 is 6.41. The van der Waals surface area contributed by atoms with E-state index in [-0.39, 0.29) is 5.91 Å². The molecule has 1 saturated heterocycles. The molecule has 1 aromatic rings. The standard InChI is InChI=1S/C21H31ClN2O3/c1-15(2)14-27-20-18(22)12-16(13-19(20)26-3)21(25)24-10-8-23(9-11-24)17-6-4-5-7-17/h12-13,15,17H,4-11,14H2,1-3H3. The third-order valence-corrected chi connectivity index (χ3v) is 5.76. The van der Waals surface area contributed by atoms with E-state index in [4.69, 9.17) is 21.1 Å². The number of halogens is 1. The molecule has 1 saturated carbocycles. The van der Waals surface area contributed by atoms with E-state index in [9.17, 15) is 4.79 Å². The summed E-state index contributed by atoms with van der Waals surface area (Å²) in [6, 6.07) is 4.16. The highest BCUT2D eigenvalue weighted by atomic mass is 35.5. The van der Waals surface area contributed by atoms with E-state index in [0.717, 1.165) is 26.2 Å². The Morgan fingerprint density at radius 2 is 1.85 bits per heavy atom. The van der Waals surface area contributed by atoms with Crippen molar-refractivity contribution >= 4 is 17.5 Å². The highest BCUT2D eigenvalue weighted by Gasteiger charge is 2.29. The summed E-state index contributed by atoms with van der Waals surface area (Å²) in [6.07, 6.45) is 5.29. The molecule has 0 N–H and O–H groups in total. The summed E-state index contributed by atoms with van der Waals surface area (Å²) in [5.41, 5.74) is 0.558. The fourth-order valence-corrected chi connectivity index (χ4v) is 4.24. The molecule has 2 aliphatic rings. The van der Waals surface area contributed by atoms with Crippen molar-refractivity contribution in [2.75, 3.05) is 39.9 Å². The zero-order valence-corrected chi connectivity index (χ0v) is 17.4. The Bertz CT molecular complexity index is 651. The van der Waals surface area contributed by atoms with Crippen molar-refractivity contribution in [2.24, 2.45) is 5.92 Å². The minimum Gasteiger partial charge on any atom is -0.493 e. The fourth-order valence-electron chi connectivity index (χ4n) is 3.98. The van der Waals surface area contributed by atoms with Crippen LogP contribution in [0.2, 0.25) is 5.02 Å².